The van der Waals surface area contributed by atoms with Gasteiger partial charge < -0.3 is 25.6 Å². The van der Waals surface area contributed by atoms with Crippen molar-refractivity contribution < 1.29 is 22.7 Å². The molecule has 0 bridgehead atoms. The predicted molar refractivity (Wildman–Crippen MR) is 105 cm³/mol. The summed E-state index contributed by atoms with van der Waals surface area (Å²) in [4.78, 5) is 31.0. The number of carbonyl (C=O) groups excluding carboxylic acids is 2. The fourth-order valence-electron chi connectivity index (χ4n) is 3.28. The lowest BCUT2D eigenvalue weighted by atomic mass is 10.2. The number of nitrogens with one attached hydrogen (secondary N) is 1. The van der Waals surface area contributed by atoms with Crippen LogP contribution in [-0.2, 0) is 19.6 Å². The standard InChI is InChI=1S/C17H26N6O5S/c18-17(25)19-4-3-16(24)22-7-5-21(6-8-22)15-2-1-14(13-20-15)29(26,27)23-9-11-28-12-10-23/h1-2,13H,3-12H2,(H3,18,19,25). The highest BCUT2D eigenvalue weighted by molar-refractivity contribution is 7.89. The number of morpholine rings is 1. The second-order valence-electron chi connectivity index (χ2n) is 6.78. The van der Waals surface area contributed by atoms with E-state index in [0.29, 0.717) is 58.3 Å². The summed E-state index contributed by atoms with van der Waals surface area (Å²) >= 11 is 0. The average Bonchev–Trinajstić information content (AvgIpc) is 2.74. The minimum Gasteiger partial charge on any atom is -0.379 e. The highest BCUT2D eigenvalue weighted by Crippen LogP contribution is 2.20. The number of carbonyl (C=O) groups is 2. The molecule has 0 aliphatic carbocycles. The van der Waals surface area contributed by atoms with Gasteiger partial charge in [-0.1, -0.05) is 0 Å². The van der Waals surface area contributed by atoms with Crippen molar-refractivity contribution in [1.82, 2.24) is 19.5 Å². The molecule has 3 rings (SSSR count). The SMILES string of the molecule is NC(=O)NCCC(=O)N1CCN(c2ccc(S(=O)(=O)N3CCOCC3)cn2)CC1. The Bertz CT molecular complexity index is 817. The lowest BCUT2D eigenvalue weighted by molar-refractivity contribution is -0.131. The Labute approximate surface area is 169 Å². The van der Waals surface area contributed by atoms with Gasteiger partial charge in [-0.3, -0.25) is 4.79 Å². The molecule has 0 unspecified atom stereocenters. The lowest BCUT2D eigenvalue weighted by Gasteiger charge is -2.35. The Kier molecular flexibility index (Phi) is 6.87. The van der Waals surface area contributed by atoms with Crippen molar-refractivity contribution in [2.75, 3.05) is 63.9 Å². The molecule has 3 N–H and O–H groups in total. The van der Waals surface area contributed by atoms with Gasteiger partial charge in [0, 0.05) is 58.4 Å². The van der Waals surface area contributed by atoms with Gasteiger partial charge in [-0.15, -0.1) is 0 Å². The van der Waals surface area contributed by atoms with Crippen molar-refractivity contribution in [1.29, 1.82) is 0 Å². The highest BCUT2D eigenvalue weighted by Gasteiger charge is 2.27. The van der Waals surface area contributed by atoms with Crippen molar-refractivity contribution in [2.45, 2.75) is 11.3 Å². The van der Waals surface area contributed by atoms with E-state index >= 15 is 0 Å². The summed E-state index contributed by atoms with van der Waals surface area (Å²) in [6.07, 6.45) is 1.59. The third kappa shape index (κ3) is 5.34. The Hall–Kier alpha value is -2.44. The van der Waals surface area contributed by atoms with Crippen LogP contribution in [0.2, 0.25) is 0 Å². The zero-order valence-corrected chi connectivity index (χ0v) is 16.9. The predicted octanol–water partition coefficient (Wildman–Crippen LogP) is -1.19. The van der Waals surface area contributed by atoms with Crippen LogP contribution < -0.4 is 16.0 Å². The Balaban J connectivity index is 1.53. The number of primary amides is 1. The minimum atomic E-state index is -3.56. The number of hydrogen-bond donors (Lipinski definition) is 2. The number of amides is 3. The molecular weight excluding hydrogens is 400 g/mol. The first-order valence-corrected chi connectivity index (χ1v) is 10.9. The van der Waals surface area contributed by atoms with Crippen molar-refractivity contribution in [3.8, 4) is 0 Å². The smallest absolute Gasteiger partial charge is 0.312 e. The van der Waals surface area contributed by atoms with Gasteiger partial charge in [-0.2, -0.15) is 4.31 Å². The van der Waals surface area contributed by atoms with Crippen molar-refractivity contribution in [3.63, 3.8) is 0 Å². The monoisotopic (exact) mass is 426 g/mol. The summed E-state index contributed by atoms with van der Waals surface area (Å²) in [6.45, 7) is 3.95. The summed E-state index contributed by atoms with van der Waals surface area (Å²) in [5.74, 6) is 0.631. The maximum Gasteiger partial charge on any atom is 0.312 e. The highest BCUT2D eigenvalue weighted by atomic mass is 32.2. The minimum absolute atomic E-state index is 0.0432. The first-order chi connectivity index (χ1) is 13.9. The molecule has 2 fully saturated rings. The molecule has 1 aromatic rings. The lowest BCUT2D eigenvalue weighted by Crippen LogP contribution is -2.49. The van der Waals surface area contributed by atoms with E-state index in [0.717, 1.165) is 0 Å². The molecule has 3 amide bonds. The number of aromatic nitrogens is 1. The second-order valence-corrected chi connectivity index (χ2v) is 8.72. The topological polar surface area (TPSA) is 138 Å². The van der Waals surface area contributed by atoms with Gasteiger partial charge >= 0.3 is 6.03 Å². The zero-order valence-electron chi connectivity index (χ0n) is 16.1. The van der Waals surface area contributed by atoms with Crippen LogP contribution in [0.1, 0.15) is 6.42 Å². The van der Waals surface area contributed by atoms with E-state index in [1.165, 1.54) is 10.5 Å². The fourth-order valence-corrected chi connectivity index (χ4v) is 4.64. The molecular formula is C17H26N6O5S. The molecule has 2 aliphatic rings. The van der Waals surface area contributed by atoms with Gasteiger partial charge in [0.25, 0.3) is 0 Å². The van der Waals surface area contributed by atoms with E-state index in [9.17, 15) is 18.0 Å². The summed E-state index contributed by atoms with van der Waals surface area (Å²) < 4.78 is 31.9. The summed E-state index contributed by atoms with van der Waals surface area (Å²) in [5.41, 5.74) is 4.99. The number of nitrogens with two attached hydrogens (primary N) is 1. The van der Waals surface area contributed by atoms with Crippen LogP contribution in [0.4, 0.5) is 10.6 Å². The molecule has 3 heterocycles. The number of ether oxygens (including phenoxy) is 1. The number of urea groups is 1. The number of hydrogen-bond acceptors (Lipinski definition) is 7. The van der Waals surface area contributed by atoms with Gasteiger partial charge in [0.15, 0.2) is 0 Å². The first kappa shape index (κ1) is 21.3. The van der Waals surface area contributed by atoms with E-state index in [1.807, 2.05) is 4.90 Å². The van der Waals surface area contributed by atoms with Crippen molar-refractivity contribution in [2.24, 2.45) is 5.73 Å². The van der Waals surface area contributed by atoms with Crippen LogP contribution in [0, 0.1) is 0 Å². The molecule has 29 heavy (non-hydrogen) atoms. The Morgan fingerprint density at radius 1 is 1.10 bits per heavy atom. The molecule has 2 saturated heterocycles. The number of nitrogens with zero attached hydrogens (tertiary/aromatic N) is 4. The number of piperazine rings is 1. The molecule has 1 aromatic heterocycles. The van der Waals surface area contributed by atoms with E-state index < -0.39 is 16.1 Å². The average molecular weight is 426 g/mol. The molecule has 0 spiro atoms. The van der Waals surface area contributed by atoms with Crippen molar-refractivity contribution in [3.05, 3.63) is 18.3 Å². The fraction of sp³-hybridized carbons (Fsp3) is 0.588. The van der Waals surface area contributed by atoms with Gasteiger partial charge in [0.2, 0.25) is 15.9 Å². The zero-order chi connectivity index (χ0) is 20.9. The molecule has 2 aliphatic heterocycles. The van der Waals surface area contributed by atoms with Crippen LogP contribution in [0.15, 0.2) is 23.2 Å². The number of sulfonamides is 1. The Morgan fingerprint density at radius 3 is 2.38 bits per heavy atom. The quantitative estimate of drug-likeness (QED) is 0.583. The molecule has 0 radical (unpaired) electrons. The number of rotatable bonds is 6. The van der Waals surface area contributed by atoms with Gasteiger partial charge in [0.1, 0.15) is 10.7 Å². The van der Waals surface area contributed by atoms with E-state index in [1.54, 1.807) is 17.0 Å². The van der Waals surface area contributed by atoms with Crippen LogP contribution >= 0.6 is 0 Å². The second kappa shape index (κ2) is 9.37. The molecule has 0 aromatic carbocycles. The van der Waals surface area contributed by atoms with Crippen molar-refractivity contribution >= 4 is 27.8 Å². The van der Waals surface area contributed by atoms with Crippen LogP contribution in [0.3, 0.4) is 0 Å². The maximum absolute atomic E-state index is 12.7. The largest absolute Gasteiger partial charge is 0.379 e. The molecule has 0 saturated carbocycles. The summed E-state index contributed by atoms with van der Waals surface area (Å²) in [7, 11) is -3.56. The summed E-state index contributed by atoms with van der Waals surface area (Å²) in [6, 6.07) is 2.62. The Morgan fingerprint density at radius 2 is 1.79 bits per heavy atom. The van der Waals surface area contributed by atoms with E-state index in [-0.39, 0.29) is 23.8 Å². The third-order valence-electron chi connectivity index (χ3n) is 4.92. The molecule has 160 valence electrons. The van der Waals surface area contributed by atoms with Gasteiger partial charge in [0.05, 0.1) is 13.2 Å². The van der Waals surface area contributed by atoms with Gasteiger partial charge in [-0.25, -0.2) is 18.2 Å². The van der Waals surface area contributed by atoms with E-state index in [4.69, 9.17) is 10.5 Å². The summed E-state index contributed by atoms with van der Waals surface area (Å²) in [5, 5.41) is 2.40. The van der Waals surface area contributed by atoms with E-state index in [2.05, 4.69) is 10.3 Å². The molecule has 11 nitrogen and oxygen atoms in total. The first-order valence-electron chi connectivity index (χ1n) is 9.48. The number of pyridine rings is 1. The normalized spacial score (nSPS) is 18.5. The molecule has 12 heteroatoms. The number of anilines is 1. The van der Waals surface area contributed by atoms with Crippen LogP contribution in [0.5, 0.6) is 0 Å². The third-order valence-corrected chi connectivity index (χ3v) is 6.81. The maximum atomic E-state index is 12.7. The van der Waals surface area contributed by atoms with Gasteiger partial charge in [-0.05, 0) is 12.1 Å². The molecule has 0 atom stereocenters. The van der Waals surface area contributed by atoms with Crippen LogP contribution in [-0.4, -0.2) is 93.6 Å². The van der Waals surface area contributed by atoms with Crippen LogP contribution in [0.25, 0.3) is 0 Å².